The molecule has 0 fully saturated rings. The Kier molecular flexibility index (Phi) is 4.75. The van der Waals surface area contributed by atoms with Gasteiger partial charge in [0.1, 0.15) is 22.6 Å². The smallest absolute Gasteiger partial charge is 0.270 e. The number of sulfonamides is 1. The molecule has 5 rings (SSSR count). The Bertz CT molecular complexity index is 1350. The zero-order valence-electron chi connectivity index (χ0n) is 16.7. The minimum Gasteiger partial charge on any atom is -0.495 e. The van der Waals surface area contributed by atoms with E-state index in [2.05, 4.69) is 9.88 Å². The van der Waals surface area contributed by atoms with Crippen LogP contribution < -0.4 is 18.9 Å². The summed E-state index contributed by atoms with van der Waals surface area (Å²) < 4.78 is 50.9. The summed E-state index contributed by atoms with van der Waals surface area (Å²) in [6.45, 7) is 0.504. The van der Waals surface area contributed by atoms with E-state index in [9.17, 15) is 8.42 Å². The molecule has 1 N–H and O–H groups in total. The molecule has 1 aliphatic rings. The predicted octanol–water partition coefficient (Wildman–Crippen LogP) is 4.31. The van der Waals surface area contributed by atoms with Gasteiger partial charge in [0.2, 0.25) is 0 Å². The largest absolute Gasteiger partial charge is 0.495 e. The second-order valence-electron chi connectivity index (χ2n) is 6.81. The van der Waals surface area contributed by atoms with Crippen LogP contribution in [0.15, 0.2) is 51.2 Å². The fourth-order valence-corrected chi connectivity index (χ4v) is 5.85. The predicted molar refractivity (Wildman–Crippen MR) is 117 cm³/mol. The number of nitrogens with one attached hydrogen (secondary N) is 1. The Morgan fingerprint density at radius 2 is 1.90 bits per heavy atom. The van der Waals surface area contributed by atoms with E-state index in [0.717, 1.165) is 22.4 Å². The van der Waals surface area contributed by atoms with Crippen molar-refractivity contribution in [2.24, 2.45) is 0 Å². The van der Waals surface area contributed by atoms with Gasteiger partial charge in [-0.2, -0.15) is 0 Å². The molecule has 0 radical (unpaired) electrons. The third kappa shape index (κ3) is 3.19. The number of nitrogens with zero attached hydrogens (tertiary/aromatic N) is 1. The van der Waals surface area contributed by atoms with Gasteiger partial charge in [-0.1, -0.05) is 17.3 Å². The van der Waals surface area contributed by atoms with Crippen LogP contribution in [0.4, 0.5) is 5.82 Å². The Morgan fingerprint density at radius 3 is 2.58 bits per heavy atom. The second-order valence-corrected chi connectivity index (χ2v) is 9.38. The maximum absolute atomic E-state index is 13.3. The number of benzene rings is 2. The van der Waals surface area contributed by atoms with E-state index in [1.165, 1.54) is 14.2 Å². The molecule has 1 aliphatic heterocycles. The molecule has 160 valence electrons. The third-order valence-electron chi connectivity index (χ3n) is 5.09. The van der Waals surface area contributed by atoms with Crippen LogP contribution in [-0.2, 0) is 16.4 Å². The standard InChI is InChI=1S/C21H18N2O6S2/c1-26-14-5-3-6-15(27-2)20(14)31(24,25)23-21-18-16(29-22-21)11-13(17-7-4-10-30-17)12-8-9-28-19(12)18/h3-7,10-11H,8-9H2,1-2H3,(H,22,23). The first kappa shape index (κ1) is 19.7. The summed E-state index contributed by atoms with van der Waals surface area (Å²) in [5.41, 5.74) is 2.45. The summed E-state index contributed by atoms with van der Waals surface area (Å²) >= 11 is 1.62. The number of hydrogen-bond donors (Lipinski definition) is 1. The molecule has 0 saturated carbocycles. The van der Waals surface area contributed by atoms with Gasteiger partial charge in [-0.15, -0.1) is 11.3 Å². The molecule has 3 heterocycles. The molecule has 10 heteroatoms. The van der Waals surface area contributed by atoms with Gasteiger partial charge in [-0.05, 0) is 29.6 Å². The van der Waals surface area contributed by atoms with Crippen molar-refractivity contribution in [3.63, 3.8) is 0 Å². The van der Waals surface area contributed by atoms with Gasteiger partial charge >= 0.3 is 0 Å². The third-order valence-corrected chi connectivity index (χ3v) is 7.39. The lowest BCUT2D eigenvalue weighted by atomic mass is 10.0. The average Bonchev–Trinajstić information content (AvgIpc) is 3.52. The normalized spacial score (nSPS) is 13.1. The van der Waals surface area contributed by atoms with Crippen molar-refractivity contribution in [2.75, 3.05) is 25.5 Å². The Hall–Kier alpha value is -3.24. The SMILES string of the molecule is COc1cccc(OC)c1S(=O)(=O)Nc1noc2cc(-c3cccs3)c3c(c12)OCC3. The maximum atomic E-state index is 13.3. The zero-order valence-corrected chi connectivity index (χ0v) is 18.3. The number of hydrogen-bond acceptors (Lipinski definition) is 8. The second kappa shape index (κ2) is 7.47. The van der Waals surface area contributed by atoms with E-state index in [1.807, 2.05) is 23.6 Å². The molecular formula is C21H18N2O6S2. The van der Waals surface area contributed by atoms with E-state index in [4.69, 9.17) is 18.7 Å². The van der Waals surface area contributed by atoms with Crippen molar-refractivity contribution >= 4 is 38.1 Å². The monoisotopic (exact) mass is 458 g/mol. The van der Waals surface area contributed by atoms with Gasteiger partial charge in [0.25, 0.3) is 10.0 Å². The zero-order chi connectivity index (χ0) is 21.6. The highest BCUT2D eigenvalue weighted by Gasteiger charge is 2.30. The highest BCUT2D eigenvalue weighted by atomic mass is 32.2. The van der Waals surface area contributed by atoms with Gasteiger partial charge in [0, 0.05) is 22.4 Å². The fraction of sp³-hybridized carbons (Fsp3) is 0.190. The summed E-state index contributed by atoms with van der Waals surface area (Å²) in [7, 11) is -1.32. The van der Waals surface area contributed by atoms with Gasteiger partial charge in [0.05, 0.1) is 20.8 Å². The molecule has 4 aromatic rings. The maximum Gasteiger partial charge on any atom is 0.270 e. The summed E-state index contributed by atoms with van der Waals surface area (Å²) in [5, 5.41) is 6.49. The van der Waals surface area contributed by atoms with Crippen molar-refractivity contribution in [3.05, 3.63) is 47.3 Å². The summed E-state index contributed by atoms with van der Waals surface area (Å²) in [6, 6.07) is 10.6. The topological polar surface area (TPSA) is 99.9 Å². The molecular weight excluding hydrogens is 440 g/mol. The van der Waals surface area contributed by atoms with Crippen molar-refractivity contribution < 1.29 is 27.2 Å². The fourth-order valence-electron chi connectivity index (χ4n) is 3.76. The van der Waals surface area contributed by atoms with Gasteiger partial charge < -0.3 is 18.7 Å². The Labute approximate surface area is 182 Å². The van der Waals surface area contributed by atoms with Crippen molar-refractivity contribution in [1.82, 2.24) is 5.16 Å². The number of ether oxygens (including phenoxy) is 3. The molecule has 0 amide bonds. The number of aromatic nitrogens is 1. The lowest BCUT2D eigenvalue weighted by molar-refractivity contribution is 0.360. The molecule has 0 aliphatic carbocycles. The summed E-state index contributed by atoms with van der Waals surface area (Å²) in [6.07, 6.45) is 0.718. The van der Waals surface area contributed by atoms with E-state index >= 15 is 0 Å². The first-order valence-corrected chi connectivity index (χ1v) is 11.8. The Balaban J connectivity index is 1.64. The van der Waals surface area contributed by atoms with Crippen molar-refractivity contribution in [1.29, 1.82) is 0 Å². The lowest BCUT2D eigenvalue weighted by Gasteiger charge is -2.14. The van der Waals surface area contributed by atoms with Crippen LogP contribution in [0, 0.1) is 0 Å². The molecule has 2 aromatic heterocycles. The highest BCUT2D eigenvalue weighted by Crippen LogP contribution is 2.45. The average molecular weight is 459 g/mol. The molecule has 0 spiro atoms. The molecule has 8 nitrogen and oxygen atoms in total. The first-order chi connectivity index (χ1) is 15.0. The van der Waals surface area contributed by atoms with Crippen LogP contribution in [0.2, 0.25) is 0 Å². The number of rotatable bonds is 6. The van der Waals surface area contributed by atoms with Crippen LogP contribution in [0.1, 0.15) is 5.56 Å². The molecule has 0 unspecified atom stereocenters. The van der Waals surface area contributed by atoms with Gasteiger partial charge in [-0.3, -0.25) is 4.72 Å². The number of methoxy groups -OCH3 is 2. The van der Waals surface area contributed by atoms with Gasteiger partial charge in [0.15, 0.2) is 16.3 Å². The Morgan fingerprint density at radius 1 is 1.13 bits per heavy atom. The highest BCUT2D eigenvalue weighted by molar-refractivity contribution is 7.93. The first-order valence-electron chi connectivity index (χ1n) is 9.39. The van der Waals surface area contributed by atoms with Gasteiger partial charge in [-0.25, -0.2) is 8.42 Å². The summed E-state index contributed by atoms with van der Waals surface area (Å²) in [5.74, 6) is 0.952. The quantitative estimate of drug-likeness (QED) is 0.460. The van der Waals surface area contributed by atoms with Crippen LogP contribution in [0.5, 0.6) is 17.2 Å². The number of anilines is 1. The summed E-state index contributed by atoms with van der Waals surface area (Å²) in [4.78, 5) is 0.963. The van der Waals surface area contributed by atoms with E-state index < -0.39 is 10.0 Å². The van der Waals surface area contributed by atoms with E-state index in [0.29, 0.717) is 23.3 Å². The van der Waals surface area contributed by atoms with Crippen molar-refractivity contribution in [2.45, 2.75) is 11.3 Å². The molecule has 0 atom stereocenters. The van der Waals surface area contributed by atoms with E-state index in [-0.39, 0.29) is 22.2 Å². The van der Waals surface area contributed by atoms with Crippen LogP contribution >= 0.6 is 11.3 Å². The molecule has 2 aromatic carbocycles. The minimum absolute atomic E-state index is 0.0545. The minimum atomic E-state index is -4.11. The molecule has 31 heavy (non-hydrogen) atoms. The van der Waals surface area contributed by atoms with E-state index in [1.54, 1.807) is 29.5 Å². The van der Waals surface area contributed by atoms with Crippen LogP contribution in [0.25, 0.3) is 21.4 Å². The number of fused-ring (bicyclic) bond motifs is 3. The lowest BCUT2D eigenvalue weighted by Crippen LogP contribution is -2.15. The van der Waals surface area contributed by atoms with Crippen molar-refractivity contribution in [3.8, 4) is 27.7 Å². The van der Waals surface area contributed by atoms with Crippen LogP contribution in [-0.4, -0.2) is 34.4 Å². The number of thiophene rings is 1. The molecule has 0 bridgehead atoms. The van der Waals surface area contributed by atoms with Crippen LogP contribution in [0.3, 0.4) is 0 Å². The molecule has 0 saturated heterocycles.